The van der Waals surface area contributed by atoms with Gasteiger partial charge in [0, 0.05) is 31.2 Å². The van der Waals surface area contributed by atoms with Gasteiger partial charge in [-0.25, -0.2) is 14.8 Å². The first kappa shape index (κ1) is 28.0. The van der Waals surface area contributed by atoms with E-state index in [2.05, 4.69) is 39.5 Å². The Labute approximate surface area is 228 Å². The van der Waals surface area contributed by atoms with Gasteiger partial charge >= 0.3 is 6.09 Å². The highest BCUT2D eigenvalue weighted by molar-refractivity contribution is 7.21. The molecule has 11 heteroatoms. The highest BCUT2D eigenvalue weighted by atomic mass is 32.1. The number of nitrogens with one attached hydrogen (secondary N) is 3. The summed E-state index contributed by atoms with van der Waals surface area (Å²) in [5.41, 5.74) is 3.55. The van der Waals surface area contributed by atoms with E-state index in [9.17, 15) is 9.90 Å². The van der Waals surface area contributed by atoms with E-state index in [0.717, 1.165) is 45.0 Å². The molecule has 1 amide bonds. The van der Waals surface area contributed by atoms with E-state index in [-0.39, 0.29) is 18.5 Å². The molecule has 4 N–H and O–H groups in total. The van der Waals surface area contributed by atoms with Crippen molar-refractivity contribution in [3.05, 3.63) is 23.7 Å². The number of anilines is 2. The number of nitrogens with zero attached hydrogens (tertiary/aromatic N) is 4. The zero-order chi connectivity index (χ0) is 27.2. The van der Waals surface area contributed by atoms with Crippen molar-refractivity contribution in [1.82, 2.24) is 25.3 Å². The maximum absolute atomic E-state index is 11.5. The van der Waals surface area contributed by atoms with Gasteiger partial charge in [-0.15, -0.1) is 11.3 Å². The van der Waals surface area contributed by atoms with Gasteiger partial charge in [0.1, 0.15) is 16.3 Å². The number of hydrogen-bond donors (Lipinski definition) is 4. The minimum atomic E-state index is -0.710. The van der Waals surface area contributed by atoms with Gasteiger partial charge in [-0.2, -0.15) is 4.98 Å². The lowest BCUT2D eigenvalue weighted by Crippen LogP contribution is -2.37. The van der Waals surface area contributed by atoms with Crippen LogP contribution in [0.5, 0.6) is 0 Å². The molecular weight excluding hydrogens is 502 g/mol. The molecule has 10 nitrogen and oxygen atoms in total. The van der Waals surface area contributed by atoms with Gasteiger partial charge in [0.25, 0.3) is 0 Å². The fourth-order valence-electron chi connectivity index (χ4n) is 4.58. The van der Waals surface area contributed by atoms with Crippen molar-refractivity contribution in [2.24, 2.45) is 11.8 Å². The number of aromatic nitrogens is 4. The number of fused-ring (bicyclic) bond motifs is 1. The minimum absolute atomic E-state index is 0.148. The average Bonchev–Trinajstić information content (AvgIpc) is 3.67. The summed E-state index contributed by atoms with van der Waals surface area (Å²) in [6.45, 7) is 8.83. The van der Waals surface area contributed by atoms with Gasteiger partial charge in [0.05, 0.1) is 34.9 Å². The summed E-state index contributed by atoms with van der Waals surface area (Å²) < 4.78 is 5.74. The molecule has 0 aliphatic heterocycles. The lowest BCUT2D eigenvalue weighted by Gasteiger charge is -2.23. The predicted molar refractivity (Wildman–Crippen MR) is 152 cm³/mol. The first-order chi connectivity index (χ1) is 18.3. The van der Waals surface area contributed by atoms with Crippen LogP contribution in [0, 0.1) is 18.8 Å². The summed E-state index contributed by atoms with van der Waals surface area (Å²) in [5.74, 6) is 1.70. The van der Waals surface area contributed by atoms with Crippen molar-refractivity contribution in [3.8, 4) is 10.6 Å². The zero-order valence-electron chi connectivity index (χ0n) is 22.9. The second-order valence-corrected chi connectivity index (χ2v) is 11.0. The quantitative estimate of drug-likeness (QED) is 0.241. The van der Waals surface area contributed by atoms with Crippen LogP contribution in [0.1, 0.15) is 57.8 Å². The number of alkyl carbamates (subject to hydrolysis) is 1. The fraction of sp³-hybridized carbons (Fsp3) is 0.593. The Balaban J connectivity index is 1.64. The summed E-state index contributed by atoms with van der Waals surface area (Å²) >= 11 is 1.60. The summed E-state index contributed by atoms with van der Waals surface area (Å²) in [4.78, 5) is 30.7. The Kier molecular flexibility index (Phi) is 9.32. The summed E-state index contributed by atoms with van der Waals surface area (Å²) in [6.07, 6.45) is 5.62. The molecule has 0 radical (unpaired) electrons. The number of methoxy groups -OCH3 is 1. The molecule has 206 valence electrons. The maximum Gasteiger partial charge on any atom is 0.406 e. The number of ether oxygens (including phenoxy) is 1. The number of carbonyl (C=O) groups excluding carboxylic acids is 1. The van der Waals surface area contributed by atoms with Crippen molar-refractivity contribution in [2.75, 3.05) is 30.8 Å². The molecule has 0 bridgehead atoms. The van der Waals surface area contributed by atoms with Crippen molar-refractivity contribution in [2.45, 2.75) is 71.9 Å². The van der Waals surface area contributed by atoms with Crippen molar-refractivity contribution >= 4 is 39.4 Å². The standard InChI is InChI=1S/C27H39N7O3S/c1-6-8-19-23-21(11-12-28-19)38-25(33-23)22-16(4)32-26(31-15(3)18-9-10-18)34-24(22)29-14-20(35)17(7-2)13-30-27(36)37-5/h11-12,15,17-18,20,35H,6-10,13-14H2,1-5H3,(H,30,36)(H2,29,31,32,34)/t15-,17?,20+/m1/s1. The number of aryl methyl sites for hydroxylation is 2. The second-order valence-electron chi connectivity index (χ2n) is 9.99. The van der Waals surface area contributed by atoms with E-state index >= 15 is 0 Å². The van der Waals surface area contributed by atoms with Crippen LogP contribution in [-0.2, 0) is 11.2 Å². The van der Waals surface area contributed by atoms with E-state index in [1.807, 2.05) is 26.1 Å². The maximum atomic E-state index is 11.5. The normalized spacial score (nSPS) is 15.6. The molecule has 3 aromatic rings. The third-order valence-corrected chi connectivity index (χ3v) is 8.14. The molecule has 0 spiro atoms. The van der Waals surface area contributed by atoms with Crippen LogP contribution in [0.3, 0.4) is 0 Å². The zero-order valence-corrected chi connectivity index (χ0v) is 23.7. The van der Waals surface area contributed by atoms with Gasteiger partial charge in [-0.3, -0.25) is 4.98 Å². The third kappa shape index (κ3) is 6.68. The average molecular weight is 542 g/mol. The smallest absolute Gasteiger partial charge is 0.406 e. The molecule has 4 rings (SSSR count). The van der Waals surface area contributed by atoms with E-state index in [1.54, 1.807) is 11.3 Å². The molecule has 1 aliphatic carbocycles. The molecule has 1 saturated carbocycles. The lowest BCUT2D eigenvalue weighted by molar-refractivity contribution is 0.112. The van der Waals surface area contributed by atoms with Crippen LogP contribution in [0.2, 0.25) is 0 Å². The first-order valence-electron chi connectivity index (χ1n) is 13.5. The monoisotopic (exact) mass is 541 g/mol. The van der Waals surface area contributed by atoms with Gasteiger partial charge < -0.3 is 25.8 Å². The molecule has 3 atom stereocenters. The Morgan fingerprint density at radius 3 is 2.71 bits per heavy atom. The van der Waals surface area contributed by atoms with E-state index in [1.165, 1.54) is 20.0 Å². The molecule has 3 aromatic heterocycles. The van der Waals surface area contributed by atoms with Gasteiger partial charge in [0.2, 0.25) is 5.95 Å². The Morgan fingerprint density at radius 1 is 1.24 bits per heavy atom. The number of pyridine rings is 1. The highest BCUT2D eigenvalue weighted by Gasteiger charge is 2.29. The van der Waals surface area contributed by atoms with Crippen LogP contribution < -0.4 is 16.0 Å². The van der Waals surface area contributed by atoms with Crippen LogP contribution in [-0.4, -0.2) is 63.5 Å². The number of thiazole rings is 1. The highest BCUT2D eigenvalue weighted by Crippen LogP contribution is 2.38. The summed E-state index contributed by atoms with van der Waals surface area (Å²) in [6, 6.07) is 2.29. The Morgan fingerprint density at radius 2 is 2.03 bits per heavy atom. The third-order valence-electron chi connectivity index (χ3n) is 7.10. The fourth-order valence-corrected chi connectivity index (χ4v) is 5.66. The molecule has 1 unspecified atom stereocenters. The van der Waals surface area contributed by atoms with Crippen LogP contribution in [0.15, 0.2) is 12.3 Å². The molecule has 0 aromatic carbocycles. The van der Waals surface area contributed by atoms with Crippen LogP contribution >= 0.6 is 11.3 Å². The topological polar surface area (TPSA) is 134 Å². The minimum Gasteiger partial charge on any atom is -0.453 e. The van der Waals surface area contributed by atoms with Crippen molar-refractivity contribution < 1.29 is 14.6 Å². The van der Waals surface area contributed by atoms with Crippen LogP contribution in [0.4, 0.5) is 16.6 Å². The molecule has 38 heavy (non-hydrogen) atoms. The number of amides is 1. The summed E-state index contributed by atoms with van der Waals surface area (Å²) in [7, 11) is 1.33. The first-order valence-corrected chi connectivity index (χ1v) is 14.3. The Bertz CT molecular complexity index is 1250. The molecule has 1 fully saturated rings. The van der Waals surface area contributed by atoms with Gasteiger partial charge in [-0.1, -0.05) is 20.3 Å². The van der Waals surface area contributed by atoms with E-state index in [4.69, 9.17) is 15.0 Å². The SMILES string of the molecule is CCCc1nccc2sc(-c3c(C)nc(N[C@H](C)C4CC4)nc3NC[C@H](O)C(CC)CNC(=O)OC)nc12. The number of hydrogen-bond acceptors (Lipinski definition) is 10. The lowest BCUT2D eigenvalue weighted by atomic mass is 9.99. The second kappa shape index (κ2) is 12.7. The molecule has 0 saturated heterocycles. The summed E-state index contributed by atoms with van der Waals surface area (Å²) in [5, 5.41) is 21.3. The van der Waals surface area contributed by atoms with E-state index in [0.29, 0.717) is 30.6 Å². The number of rotatable bonds is 13. The molecule has 1 aliphatic rings. The predicted octanol–water partition coefficient (Wildman–Crippen LogP) is 4.77. The Hall–Kier alpha value is -3.05. The largest absolute Gasteiger partial charge is 0.453 e. The van der Waals surface area contributed by atoms with Gasteiger partial charge in [0.15, 0.2) is 0 Å². The van der Waals surface area contributed by atoms with Crippen molar-refractivity contribution in [1.29, 1.82) is 0 Å². The van der Waals surface area contributed by atoms with Gasteiger partial charge in [-0.05, 0) is 51.5 Å². The number of aliphatic hydroxyl groups is 1. The molecule has 3 heterocycles. The number of aliphatic hydroxyl groups excluding tert-OH is 1. The van der Waals surface area contributed by atoms with Crippen LogP contribution in [0.25, 0.3) is 20.8 Å². The van der Waals surface area contributed by atoms with E-state index < -0.39 is 12.2 Å². The van der Waals surface area contributed by atoms with Crippen molar-refractivity contribution in [3.63, 3.8) is 0 Å². The number of carbonyl (C=O) groups is 1. The molecular formula is C27H39N7O3S.